The lowest BCUT2D eigenvalue weighted by atomic mass is 9.94. The van der Waals surface area contributed by atoms with Crippen LogP contribution in [0.4, 0.5) is 0 Å². The standard InChI is InChI=1S/C32H20N2O5/c1-17-15-27(29(35)33-17)23-11-13-25(21-9-5-3-7-19(21)23)31(37)39-32(38)26-14-12-24(20-8-4-6-10-22(20)26)28-16-18(2)34-30(28)36/h3-16H,1-2H3. The molecule has 2 heterocycles. The van der Waals surface area contributed by atoms with Gasteiger partial charge in [-0.25, -0.2) is 19.6 Å². The monoisotopic (exact) mass is 512 g/mol. The van der Waals surface area contributed by atoms with Gasteiger partial charge in [0.2, 0.25) is 0 Å². The van der Waals surface area contributed by atoms with Crippen LogP contribution in [0.2, 0.25) is 0 Å². The van der Waals surface area contributed by atoms with Crippen molar-refractivity contribution in [3.63, 3.8) is 0 Å². The van der Waals surface area contributed by atoms with Crippen LogP contribution in [0.5, 0.6) is 0 Å². The fourth-order valence-corrected chi connectivity index (χ4v) is 5.05. The second-order valence-corrected chi connectivity index (χ2v) is 9.32. The molecule has 4 aromatic carbocycles. The summed E-state index contributed by atoms with van der Waals surface area (Å²) in [6.45, 7) is 3.50. The van der Waals surface area contributed by atoms with Crippen LogP contribution in [0.25, 0.3) is 32.7 Å². The van der Waals surface area contributed by atoms with Crippen molar-refractivity contribution in [2.75, 3.05) is 0 Å². The van der Waals surface area contributed by atoms with Gasteiger partial charge >= 0.3 is 11.9 Å². The van der Waals surface area contributed by atoms with E-state index >= 15 is 0 Å². The van der Waals surface area contributed by atoms with Crippen molar-refractivity contribution in [3.05, 3.63) is 107 Å². The Bertz CT molecular complexity index is 1780. The molecule has 7 heteroatoms. The highest BCUT2D eigenvalue weighted by atomic mass is 16.6. The third-order valence-corrected chi connectivity index (χ3v) is 6.78. The van der Waals surface area contributed by atoms with Crippen LogP contribution in [0, 0.1) is 0 Å². The summed E-state index contributed by atoms with van der Waals surface area (Å²) in [5.74, 6) is -2.30. The van der Waals surface area contributed by atoms with Gasteiger partial charge in [0, 0.05) is 11.4 Å². The minimum atomic E-state index is -0.812. The summed E-state index contributed by atoms with van der Waals surface area (Å²) >= 11 is 0. The van der Waals surface area contributed by atoms with Crippen molar-refractivity contribution in [2.24, 2.45) is 9.98 Å². The zero-order valence-electron chi connectivity index (χ0n) is 21.0. The van der Waals surface area contributed by atoms with Crippen LogP contribution < -0.4 is 0 Å². The van der Waals surface area contributed by atoms with E-state index in [0.29, 0.717) is 55.2 Å². The second-order valence-electron chi connectivity index (χ2n) is 9.32. The van der Waals surface area contributed by atoms with Gasteiger partial charge in [0.1, 0.15) is 0 Å². The lowest BCUT2D eigenvalue weighted by molar-refractivity contribution is -0.113. The molecule has 0 saturated heterocycles. The molecule has 0 fully saturated rings. The van der Waals surface area contributed by atoms with Crippen molar-refractivity contribution >= 4 is 67.9 Å². The van der Waals surface area contributed by atoms with E-state index in [1.807, 2.05) is 24.3 Å². The van der Waals surface area contributed by atoms with Gasteiger partial charge in [0.25, 0.3) is 11.8 Å². The number of carbonyl (C=O) groups excluding carboxylic acids is 4. The average molecular weight is 513 g/mol. The maximum atomic E-state index is 13.3. The van der Waals surface area contributed by atoms with Crippen molar-refractivity contribution in [2.45, 2.75) is 13.8 Å². The molecule has 6 rings (SSSR count). The minimum absolute atomic E-state index is 0.196. The Labute approximate surface area is 222 Å². The molecule has 0 atom stereocenters. The molecule has 0 aromatic heterocycles. The number of fused-ring (bicyclic) bond motifs is 2. The largest absolute Gasteiger partial charge is 0.386 e. The van der Waals surface area contributed by atoms with Crippen LogP contribution in [-0.4, -0.2) is 35.2 Å². The number of aliphatic imine (C=N–C) groups is 2. The van der Waals surface area contributed by atoms with Gasteiger partial charge in [-0.3, -0.25) is 9.59 Å². The highest BCUT2D eigenvalue weighted by Gasteiger charge is 2.25. The molecule has 0 spiro atoms. The van der Waals surface area contributed by atoms with Crippen LogP contribution in [0.15, 0.2) is 94.9 Å². The van der Waals surface area contributed by atoms with Gasteiger partial charge in [-0.1, -0.05) is 60.7 Å². The number of carbonyl (C=O) groups is 4. The Morgan fingerprint density at radius 3 is 1.31 bits per heavy atom. The zero-order chi connectivity index (χ0) is 27.3. The summed E-state index contributed by atoms with van der Waals surface area (Å²) in [5.41, 5.74) is 3.81. The van der Waals surface area contributed by atoms with E-state index in [2.05, 4.69) is 9.98 Å². The third kappa shape index (κ3) is 4.10. The molecule has 2 aliphatic rings. The summed E-state index contributed by atoms with van der Waals surface area (Å²) in [6.07, 6.45) is 3.42. The number of rotatable bonds is 4. The van der Waals surface area contributed by atoms with Crippen molar-refractivity contribution in [1.82, 2.24) is 0 Å². The molecule has 0 N–H and O–H groups in total. The Morgan fingerprint density at radius 2 is 0.949 bits per heavy atom. The molecule has 188 valence electrons. The van der Waals surface area contributed by atoms with Crippen LogP contribution in [0.3, 0.4) is 0 Å². The quantitative estimate of drug-likeness (QED) is 0.256. The summed E-state index contributed by atoms with van der Waals surface area (Å²) in [5, 5.41) is 2.44. The molecule has 0 unspecified atom stereocenters. The number of benzene rings is 4. The molecule has 0 saturated carbocycles. The summed E-state index contributed by atoms with van der Waals surface area (Å²) in [6, 6.07) is 20.7. The van der Waals surface area contributed by atoms with Crippen LogP contribution in [0.1, 0.15) is 45.7 Å². The van der Waals surface area contributed by atoms with Crippen LogP contribution >= 0.6 is 0 Å². The van der Waals surface area contributed by atoms with Gasteiger partial charge in [-0.15, -0.1) is 0 Å². The number of hydrogen-bond donors (Lipinski definition) is 0. The normalized spacial score (nSPS) is 14.8. The summed E-state index contributed by atoms with van der Waals surface area (Å²) in [4.78, 5) is 59.2. The molecule has 0 bridgehead atoms. The fraction of sp³-hybridized carbons (Fsp3) is 0.0625. The Kier molecular flexibility index (Phi) is 5.69. The molecular weight excluding hydrogens is 492 g/mol. The van der Waals surface area contributed by atoms with Crippen molar-refractivity contribution in [3.8, 4) is 0 Å². The van der Waals surface area contributed by atoms with Crippen LogP contribution in [-0.2, 0) is 14.3 Å². The fourth-order valence-electron chi connectivity index (χ4n) is 5.05. The molecule has 39 heavy (non-hydrogen) atoms. The maximum Gasteiger partial charge on any atom is 0.346 e. The number of allylic oxidation sites excluding steroid dienone is 2. The zero-order valence-corrected chi connectivity index (χ0v) is 21.0. The molecule has 4 aromatic rings. The number of amides is 2. The van der Waals surface area contributed by atoms with Gasteiger partial charge in [-0.2, -0.15) is 0 Å². The first-order valence-electron chi connectivity index (χ1n) is 12.2. The molecule has 0 radical (unpaired) electrons. The first-order chi connectivity index (χ1) is 18.8. The number of esters is 2. The van der Waals surface area contributed by atoms with E-state index in [1.54, 1.807) is 74.5 Å². The van der Waals surface area contributed by atoms with E-state index in [0.717, 1.165) is 0 Å². The lowest BCUT2D eigenvalue weighted by Crippen LogP contribution is -2.14. The highest BCUT2D eigenvalue weighted by Crippen LogP contribution is 2.33. The second kappa shape index (κ2) is 9.22. The Morgan fingerprint density at radius 1 is 0.564 bits per heavy atom. The predicted octanol–water partition coefficient (Wildman–Crippen LogP) is 5.76. The van der Waals surface area contributed by atoms with Gasteiger partial charge in [-0.05, 0) is 70.8 Å². The van der Waals surface area contributed by atoms with E-state index in [4.69, 9.17) is 4.74 Å². The minimum Gasteiger partial charge on any atom is -0.386 e. The smallest absolute Gasteiger partial charge is 0.346 e. The van der Waals surface area contributed by atoms with E-state index < -0.39 is 11.9 Å². The molecule has 0 aliphatic carbocycles. The summed E-state index contributed by atoms with van der Waals surface area (Å²) < 4.78 is 5.36. The molecular formula is C32H20N2O5. The van der Waals surface area contributed by atoms with Crippen molar-refractivity contribution in [1.29, 1.82) is 0 Å². The van der Waals surface area contributed by atoms with Gasteiger partial charge in [0.05, 0.1) is 22.3 Å². The predicted molar refractivity (Wildman–Crippen MR) is 150 cm³/mol. The first kappa shape index (κ1) is 24.1. The Balaban J connectivity index is 1.35. The van der Waals surface area contributed by atoms with E-state index in [-0.39, 0.29) is 22.9 Å². The topological polar surface area (TPSA) is 102 Å². The molecule has 7 nitrogen and oxygen atoms in total. The average Bonchev–Trinajstić information content (AvgIpc) is 3.45. The number of nitrogens with zero attached hydrogens (tertiary/aromatic N) is 2. The number of hydrogen-bond acceptors (Lipinski definition) is 5. The van der Waals surface area contributed by atoms with Gasteiger partial charge in [0.15, 0.2) is 0 Å². The van der Waals surface area contributed by atoms with E-state index in [9.17, 15) is 19.2 Å². The summed E-state index contributed by atoms with van der Waals surface area (Å²) in [7, 11) is 0. The van der Waals surface area contributed by atoms with Gasteiger partial charge < -0.3 is 4.74 Å². The molecule has 2 aliphatic heterocycles. The Hall–Kier alpha value is -5.30. The first-order valence-corrected chi connectivity index (χ1v) is 12.2. The maximum absolute atomic E-state index is 13.3. The lowest BCUT2D eigenvalue weighted by Gasteiger charge is -2.12. The van der Waals surface area contributed by atoms with Crippen molar-refractivity contribution < 1.29 is 23.9 Å². The molecule has 2 amide bonds. The highest BCUT2D eigenvalue weighted by molar-refractivity contribution is 6.35. The number of ether oxygens (including phenoxy) is 1. The SMILES string of the molecule is CC1=NC(=O)C(c2ccc(C(=O)OC(=O)c3ccc(C4=CC(C)=NC4=O)c4ccccc34)c3ccccc23)=C1. The third-order valence-electron chi connectivity index (χ3n) is 6.78. The van der Waals surface area contributed by atoms with E-state index in [1.165, 1.54) is 0 Å².